The van der Waals surface area contributed by atoms with E-state index in [1.165, 1.54) is 0 Å². The van der Waals surface area contributed by atoms with Crippen molar-refractivity contribution in [2.45, 2.75) is 20.8 Å². The molecular formula is C27H27N3O3. The Morgan fingerprint density at radius 3 is 2.33 bits per heavy atom. The van der Waals surface area contributed by atoms with E-state index < -0.39 is 5.91 Å². The average molecular weight is 442 g/mol. The second-order valence-electron chi connectivity index (χ2n) is 7.34. The highest BCUT2D eigenvalue weighted by atomic mass is 16.5. The molecule has 0 aliphatic rings. The van der Waals surface area contributed by atoms with Crippen molar-refractivity contribution in [3.63, 3.8) is 0 Å². The van der Waals surface area contributed by atoms with Crippen LogP contribution in [0.4, 0.5) is 5.69 Å². The lowest BCUT2D eigenvalue weighted by Crippen LogP contribution is -2.13. The molecule has 0 aliphatic heterocycles. The molecule has 0 radical (unpaired) electrons. The summed E-state index contributed by atoms with van der Waals surface area (Å²) in [6.45, 7) is 10.5. The number of benzene rings is 2. The van der Waals surface area contributed by atoms with Gasteiger partial charge >= 0.3 is 0 Å². The SMILES string of the molecule is C=CCOc1ccc(-n2c(C)cc(/C=C(/C#N)C(=O)Nc3ccc(OCC)cc3)c2C)cc1. The first kappa shape index (κ1) is 23.4. The van der Waals surface area contributed by atoms with Gasteiger partial charge in [-0.3, -0.25) is 4.79 Å². The summed E-state index contributed by atoms with van der Waals surface area (Å²) in [6, 6.07) is 18.7. The molecule has 0 saturated carbocycles. The number of nitriles is 1. The van der Waals surface area contributed by atoms with Gasteiger partial charge in [0, 0.05) is 22.8 Å². The van der Waals surface area contributed by atoms with Crippen LogP contribution >= 0.6 is 0 Å². The summed E-state index contributed by atoms with van der Waals surface area (Å²) in [5.74, 6) is 1.02. The van der Waals surface area contributed by atoms with Gasteiger partial charge in [0.2, 0.25) is 0 Å². The van der Waals surface area contributed by atoms with E-state index in [-0.39, 0.29) is 5.57 Å². The Kier molecular flexibility index (Phi) is 7.72. The number of carbonyl (C=O) groups is 1. The summed E-state index contributed by atoms with van der Waals surface area (Å²) in [5.41, 5.74) is 4.30. The maximum Gasteiger partial charge on any atom is 0.266 e. The number of anilines is 1. The summed E-state index contributed by atoms with van der Waals surface area (Å²) in [5, 5.41) is 12.4. The van der Waals surface area contributed by atoms with E-state index in [1.807, 2.05) is 57.2 Å². The van der Waals surface area contributed by atoms with E-state index >= 15 is 0 Å². The minimum atomic E-state index is -0.463. The van der Waals surface area contributed by atoms with E-state index in [4.69, 9.17) is 9.47 Å². The van der Waals surface area contributed by atoms with Gasteiger partial charge in [-0.05, 0) is 87.0 Å². The predicted molar refractivity (Wildman–Crippen MR) is 131 cm³/mol. The summed E-state index contributed by atoms with van der Waals surface area (Å²) >= 11 is 0. The van der Waals surface area contributed by atoms with Crippen LogP contribution in [0.3, 0.4) is 0 Å². The van der Waals surface area contributed by atoms with Crippen molar-refractivity contribution >= 4 is 17.7 Å². The first-order valence-electron chi connectivity index (χ1n) is 10.7. The molecule has 3 rings (SSSR count). The molecule has 1 N–H and O–H groups in total. The highest BCUT2D eigenvalue weighted by Gasteiger charge is 2.14. The van der Waals surface area contributed by atoms with Crippen molar-refractivity contribution in [2.75, 3.05) is 18.5 Å². The number of nitrogens with one attached hydrogen (secondary N) is 1. The number of aryl methyl sites for hydroxylation is 1. The minimum absolute atomic E-state index is 0.0253. The highest BCUT2D eigenvalue weighted by Crippen LogP contribution is 2.25. The van der Waals surface area contributed by atoms with Gasteiger partial charge in [0.05, 0.1) is 6.61 Å². The number of hydrogen-bond donors (Lipinski definition) is 1. The molecule has 0 unspecified atom stereocenters. The van der Waals surface area contributed by atoms with E-state index in [9.17, 15) is 10.1 Å². The standard InChI is InChI=1S/C27H27N3O3/c1-5-15-33-26-13-9-24(10-14-26)30-19(3)16-21(20(30)4)17-22(18-28)27(31)29-23-7-11-25(12-8-23)32-6-2/h5,7-14,16-17H,1,6,15H2,2-4H3,(H,29,31)/b22-17-. The van der Waals surface area contributed by atoms with Gasteiger partial charge in [0.15, 0.2) is 0 Å². The van der Waals surface area contributed by atoms with Crippen LogP contribution in [-0.2, 0) is 4.79 Å². The van der Waals surface area contributed by atoms with Gasteiger partial charge < -0.3 is 19.4 Å². The van der Waals surface area contributed by atoms with Crippen LogP contribution < -0.4 is 14.8 Å². The molecule has 2 aromatic carbocycles. The lowest BCUT2D eigenvalue weighted by Gasteiger charge is -2.11. The van der Waals surface area contributed by atoms with Crippen LogP contribution in [0.2, 0.25) is 0 Å². The Hall–Kier alpha value is -4.24. The Morgan fingerprint density at radius 1 is 1.09 bits per heavy atom. The maximum absolute atomic E-state index is 12.7. The fourth-order valence-corrected chi connectivity index (χ4v) is 3.48. The lowest BCUT2D eigenvalue weighted by atomic mass is 10.1. The third kappa shape index (κ3) is 5.72. The molecule has 168 valence electrons. The van der Waals surface area contributed by atoms with Gasteiger partial charge in [-0.25, -0.2) is 0 Å². The topological polar surface area (TPSA) is 76.3 Å². The molecule has 1 amide bonds. The second-order valence-corrected chi connectivity index (χ2v) is 7.34. The molecule has 1 aromatic heterocycles. The summed E-state index contributed by atoms with van der Waals surface area (Å²) in [6.07, 6.45) is 3.32. The van der Waals surface area contributed by atoms with E-state index in [2.05, 4.69) is 16.5 Å². The summed E-state index contributed by atoms with van der Waals surface area (Å²) in [4.78, 5) is 12.7. The van der Waals surface area contributed by atoms with Crippen LogP contribution in [0.25, 0.3) is 11.8 Å². The lowest BCUT2D eigenvalue weighted by molar-refractivity contribution is -0.112. The molecule has 0 atom stereocenters. The largest absolute Gasteiger partial charge is 0.494 e. The fourth-order valence-electron chi connectivity index (χ4n) is 3.48. The van der Waals surface area contributed by atoms with Crippen molar-refractivity contribution in [1.29, 1.82) is 5.26 Å². The third-order valence-corrected chi connectivity index (χ3v) is 5.02. The number of amides is 1. The molecule has 1 heterocycles. The molecule has 3 aromatic rings. The molecule has 0 spiro atoms. The maximum atomic E-state index is 12.7. The second kappa shape index (κ2) is 10.9. The molecule has 6 nitrogen and oxygen atoms in total. The van der Waals surface area contributed by atoms with Crippen molar-refractivity contribution in [1.82, 2.24) is 4.57 Å². The van der Waals surface area contributed by atoms with Crippen LogP contribution in [0.5, 0.6) is 11.5 Å². The van der Waals surface area contributed by atoms with Gasteiger partial charge in [0.1, 0.15) is 29.7 Å². The number of nitrogens with zero attached hydrogens (tertiary/aromatic N) is 2. The Bertz CT molecular complexity index is 1200. The Balaban J connectivity index is 1.82. The first-order chi connectivity index (χ1) is 16.0. The van der Waals surface area contributed by atoms with Crippen LogP contribution in [0, 0.1) is 25.2 Å². The minimum Gasteiger partial charge on any atom is -0.494 e. The van der Waals surface area contributed by atoms with Crippen LogP contribution in [0.15, 0.2) is 72.8 Å². The number of rotatable bonds is 9. The van der Waals surface area contributed by atoms with Crippen molar-refractivity contribution in [2.24, 2.45) is 0 Å². The van der Waals surface area contributed by atoms with Crippen LogP contribution in [-0.4, -0.2) is 23.7 Å². The van der Waals surface area contributed by atoms with Crippen molar-refractivity contribution in [3.05, 3.63) is 89.8 Å². The molecule has 6 heteroatoms. The quantitative estimate of drug-likeness (QED) is 0.266. The average Bonchev–Trinajstić information content (AvgIpc) is 3.10. The zero-order valence-corrected chi connectivity index (χ0v) is 19.1. The third-order valence-electron chi connectivity index (χ3n) is 5.02. The fraction of sp³-hybridized carbons (Fsp3) is 0.185. The molecule has 0 fully saturated rings. The number of aromatic nitrogens is 1. The number of hydrogen-bond acceptors (Lipinski definition) is 4. The molecular weight excluding hydrogens is 414 g/mol. The van der Waals surface area contributed by atoms with Crippen molar-refractivity contribution in [3.8, 4) is 23.3 Å². The molecule has 33 heavy (non-hydrogen) atoms. The van der Waals surface area contributed by atoms with E-state index in [1.54, 1.807) is 36.4 Å². The Morgan fingerprint density at radius 2 is 1.73 bits per heavy atom. The normalized spacial score (nSPS) is 10.9. The predicted octanol–water partition coefficient (Wildman–Crippen LogP) is 5.60. The molecule has 0 bridgehead atoms. The molecule has 0 saturated heterocycles. The van der Waals surface area contributed by atoms with E-state index in [0.717, 1.165) is 34.1 Å². The Labute approximate surface area is 194 Å². The smallest absolute Gasteiger partial charge is 0.266 e. The monoisotopic (exact) mass is 441 g/mol. The van der Waals surface area contributed by atoms with Crippen molar-refractivity contribution < 1.29 is 14.3 Å². The van der Waals surface area contributed by atoms with Gasteiger partial charge in [-0.2, -0.15) is 5.26 Å². The zero-order valence-electron chi connectivity index (χ0n) is 19.1. The zero-order chi connectivity index (χ0) is 23.8. The highest BCUT2D eigenvalue weighted by molar-refractivity contribution is 6.09. The molecule has 0 aliphatic carbocycles. The first-order valence-corrected chi connectivity index (χ1v) is 10.7. The number of carbonyl (C=O) groups excluding carboxylic acids is 1. The van der Waals surface area contributed by atoms with Crippen LogP contribution in [0.1, 0.15) is 23.9 Å². The number of ether oxygens (including phenoxy) is 2. The van der Waals surface area contributed by atoms with E-state index in [0.29, 0.717) is 18.9 Å². The van der Waals surface area contributed by atoms with Gasteiger partial charge in [0.25, 0.3) is 5.91 Å². The summed E-state index contributed by atoms with van der Waals surface area (Å²) < 4.78 is 13.0. The van der Waals surface area contributed by atoms with Gasteiger partial charge in [-0.15, -0.1) is 0 Å². The van der Waals surface area contributed by atoms with Gasteiger partial charge in [-0.1, -0.05) is 12.7 Å². The summed E-state index contributed by atoms with van der Waals surface area (Å²) in [7, 11) is 0.